The quantitative estimate of drug-likeness (QED) is 0.500. The van der Waals surface area contributed by atoms with Gasteiger partial charge in [0, 0.05) is 6.20 Å². The second kappa shape index (κ2) is 2.75. The van der Waals surface area contributed by atoms with E-state index in [0.717, 1.165) is 5.06 Å². The Labute approximate surface area is 59.2 Å². The number of hydrogen-bond acceptors (Lipinski definition) is 3. The van der Waals surface area contributed by atoms with Crippen LogP contribution in [0, 0.1) is 0 Å². The number of hydrogen-bond donors (Lipinski definition) is 2. The molecule has 1 rings (SSSR count). The molecular formula is C6H7NOS. The fourth-order valence-corrected chi connectivity index (χ4v) is 0.642. The normalized spacial score (nSPS) is 17.6. The molecule has 0 aromatic rings. The number of nitrogens with zero attached hydrogens (tertiary/aromatic N) is 1. The van der Waals surface area contributed by atoms with Gasteiger partial charge in [-0.3, -0.25) is 5.21 Å². The first-order valence-corrected chi connectivity index (χ1v) is 2.97. The van der Waals surface area contributed by atoms with E-state index < -0.39 is 0 Å². The Balaban J connectivity index is 2.80. The lowest BCUT2D eigenvalue weighted by Crippen LogP contribution is -2.05. The number of allylic oxidation sites excluding steroid dienone is 4. The van der Waals surface area contributed by atoms with Crippen molar-refractivity contribution in [3.05, 3.63) is 35.5 Å². The average molecular weight is 141 g/mol. The molecule has 0 aromatic heterocycles. The van der Waals surface area contributed by atoms with Crippen LogP contribution < -0.4 is 0 Å². The Morgan fingerprint density at radius 1 is 1.33 bits per heavy atom. The first kappa shape index (κ1) is 6.45. The molecule has 0 radical (unpaired) electrons. The summed E-state index contributed by atoms with van der Waals surface area (Å²) >= 11 is 3.96. The standard InChI is InChI=1S/C6H7NOS/c8-7-5-3-1-2-4-6(7)9/h1-5,8-9H. The van der Waals surface area contributed by atoms with Gasteiger partial charge in [-0.15, -0.1) is 12.6 Å². The molecule has 48 valence electrons. The molecule has 0 atom stereocenters. The molecule has 9 heavy (non-hydrogen) atoms. The van der Waals surface area contributed by atoms with Crippen LogP contribution in [0.3, 0.4) is 0 Å². The summed E-state index contributed by atoms with van der Waals surface area (Å²) in [6.07, 6.45) is 8.55. The zero-order chi connectivity index (χ0) is 6.69. The third-order valence-corrected chi connectivity index (χ3v) is 1.28. The molecule has 0 saturated heterocycles. The maximum absolute atomic E-state index is 8.92. The summed E-state index contributed by atoms with van der Waals surface area (Å²) in [5, 5.41) is 10.4. The molecule has 2 nitrogen and oxygen atoms in total. The summed E-state index contributed by atoms with van der Waals surface area (Å²) in [5.74, 6) is 0. The van der Waals surface area contributed by atoms with Crippen molar-refractivity contribution in [2.45, 2.75) is 0 Å². The van der Waals surface area contributed by atoms with Gasteiger partial charge in [0.25, 0.3) is 0 Å². The van der Waals surface area contributed by atoms with Crippen molar-refractivity contribution in [2.75, 3.05) is 0 Å². The first-order valence-electron chi connectivity index (χ1n) is 2.53. The molecule has 0 amide bonds. The second-order valence-corrected chi connectivity index (χ2v) is 2.05. The lowest BCUT2D eigenvalue weighted by atomic mass is 10.5. The number of thiol groups is 1. The summed E-state index contributed by atoms with van der Waals surface area (Å²) in [6.45, 7) is 0. The highest BCUT2D eigenvalue weighted by molar-refractivity contribution is 7.84. The van der Waals surface area contributed by atoms with Gasteiger partial charge in [0.1, 0.15) is 0 Å². The van der Waals surface area contributed by atoms with E-state index in [1.54, 1.807) is 18.2 Å². The van der Waals surface area contributed by atoms with Crippen LogP contribution in [-0.2, 0) is 0 Å². The van der Waals surface area contributed by atoms with Crippen LogP contribution in [0.1, 0.15) is 0 Å². The Morgan fingerprint density at radius 2 is 2.11 bits per heavy atom. The van der Waals surface area contributed by atoms with Gasteiger partial charge in [-0.05, 0) is 12.2 Å². The molecule has 1 heterocycles. The van der Waals surface area contributed by atoms with Gasteiger partial charge in [-0.2, -0.15) is 0 Å². The third-order valence-electron chi connectivity index (χ3n) is 0.930. The van der Waals surface area contributed by atoms with E-state index >= 15 is 0 Å². The van der Waals surface area contributed by atoms with E-state index in [1.165, 1.54) is 6.20 Å². The largest absolute Gasteiger partial charge is 0.284 e. The molecule has 0 saturated carbocycles. The van der Waals surface area contributed by atoms with E-state index in [1.807, 2.05) is 6.08 Å². The average Bonchev–Trinajstić information content (AvgIpc) is 1.99. The SMILES string of the molecule is ON1C=CC=CC=C1S. The third kappa shape index (κ3) is 1.62. The van der Waals surface area contributed by atoms with E-state index in [9.17, 15) is 0 Å². The molecule has 1 aliphatic heterocycles. The zero-order valence-corrected chi connectivity index (χ0v) is 5.62. The molecule has 0 unspecified atom stereocenters. The van der Waals surface area contributed by atoms with Gasteiger partial charge in [0.05, 0.1) is 5.03 Å². The van der Waals surface area contributed by atoms with Crippen molar-refractivity contribution in [3.8, 4) is 0 Å². The van der Waals surface area contributed by atoms with Crippen molar-refractivity contribution in [1.82, 2.24) is 5.06 Å². The van der Waals surface area contributed by atoms with Crippen LogP contribution >= 0.6 is 12.6 Å². The summed E-state index contributed by atoms with van der Waals surface area (Å²) in [6, 6.07) is 0. The minimum Gasteiger partial charge on any atom is -0.284 e. The van der Waals surface area contributed by atoms with Gasteiger partial charge in [-0.1, -0.05) is 12.2 Å². The predicted molar refractivity (Wildman–Crippen MR) is 39.0 cm³/mol. The second-order valence-electron chi connectivity index (χ2n) is 1.60. The summed E-state index contributed by atoms with van der Waals surface area (Å²) in [7, 11) is 0. The van der Waals surface area contributed by atoms with Crippen LogP contribution in [0.15, 0.2) is 35.5 Å². The smallest absolute Gasteiger partial charge is 0.0985 e. The van der Waals surface area contributed by atoms with Crippen molar-refractivity contribution < 1.29 is 5.21 Å². The predicted octanol–water partition coefficient (Wildman–Crippen LogP) is 1.53. The monoisotopic (exact) mass is 141 g/mol. The molecule has 0 spiro atoms. The van der Waals surface area contributed by atoms with E-state index in [-0.39, 0.29) is 0 Å². The Kier molecular flexibility index (Phi) is 1.97. The number of rotatable bonds is 0. The van der Waals surface area contributed by atoms with Crippen molar-refractivity contribution >= 4 is 12.6 Å². The summed E-state index contributed by atoms with van der Waals surface area (Å²) < 4.78 is 0. The first-order chi connectivity index (χ1) is 4.30. The summed E-state index contributed by atoms with van der Waals surface area (Å²) in [4.78, 5) is 0. The summed E-state index contributed by atoms with van der Waals surface area (Å²) in [5.41, 5.74) is 0. The van der Waals surface area contributed by atoms with Crippen molar-refractivity contribution in [3.63, 3.8) is 0 Å². The van der Waals surface area contributed by atoms with Crippen molar-refractivity contribution in [2.24, 2.45) is 0 Å². The maximum atomic E-state index is 8.92. The topological polar surface area (TPSA) is 23.5 Å². The van der Waals surface area contributed by atoms with E-state index in [4.69, 9.17) is 5.21 Å². The van der Waals surface area contributed by atoms with Crippen LogP contribution in [0.25, 0.3) is 0 Å². The highest BCUT2D eigenvalue weighted by Gasteiger charge is 1.95. The molecule has 1 aliphatic rings. The van der Waals surface area contributed by atoms with Crippen LogP contribution in [0.5, 0.6) is 0 Å². The fourth-order valence-electron chi connectivity index (χ4n) is 0.490. The van der Waals surface area contributed by atoms with Gasteiger partial charge in [-0.25, -0.2) is 5.06 Å². The van der Waals surface area contributed by atoms with Crippen molar-refractivity contribution in [1.29, 1.82) is 0 Å². The molecule has 0 fully saturated rings. The van der Waals surface area contributed by atoms with E-state index in [0.29, 0.717) is 5.03 Å². The molecule has 1 N–H and O–H groups in total. The Hall–Kier alpha value is -0.670. The van der Waals surface area contributed by atoms with Crippen LogP contribution in [0.4, 0.5) is 0 Å². The van der Waals surface area contributed by atoms with E-state index in [2.05, 4.69) is 12.6 Å². The molecule has 0 aliphatic carbocycles. The van der Waals surface area contributed by atoms with Crippen LogP contribution in [0.2, 0.25) is 0 Å². The molecule has 3 heteroatoms. The highest BCUT2D eigenvalue weighted by Crippen LogP contribution is 2.08. The number of hydroxylamine groups is 2. The Bertz CT molecular complexity index is 183. The maximum Gasteiger partial charge on any atom is 0.0985 e. The molecular weight excluding hydrogens is 134 g/mol. The molecule has 0 aromatic carbocycles. The minimum absolute atomic E-state index is 0.514. The highest BCUT2D eigenvalue weighted by atomic mass is 32.1. The Morgan fingerprint density at radius 3 is 2.89 bits per heavy atom. The minimum atomic E-state index is 0.514. The van der Waals surface area contributed by atoms with Gasteiger partial charge in [0.15, 0.2) is 0 Å². The fraction of sp³-hybridized carbons (Fsp3) is 0. The lowest BCUT2D eigenvalue weighted by molar-refractivity contribution is 0.00722. The molecule has 0 bridgehead atoms. The van der Waals surface area contributed by atoms with Crippen LogP contribution in [-0.4, -0.2) is 10.3 Å². The van der Waals surface area contributed by atoms with Gasteiger partial charge >= 0.3 is 0 Å². The zero-order valence-electron chi connectivity index (χ0n) is 4.73. The lowest BCUT2D eigenvalue weighted by Gasteiger charge is -2.07. The van der Waals surface area contributed by atoms with Gasteiger partial charge in [0.2, 0.25) is 0 Å². The van der Waals surface area contributed by atoms with Gasteiger partial charge < -0.3 is 0 Å².